The number of amides is 1. The van der Waals surface area contributed by atoms with Crippen molar-refractivity contribution >= 4 is 23.0 Å². The zero-order chi connectivity index (χ0) is 22.1. The normalized spacial score (nSPS) is 23.1. The second-order valence-electron chi connectivity index (χ2n) is 9.72. The predicted octanol–water partition coefficient (Wildman–Crippen LogP) is 5.22. The fourth-order valence-electron chi connectivity index (χ4n) is 4.78. The number of hydrogen-bond acceptors (Lipinski definition) is 3. The van der Waals surface area contributed by atoms with E-state index in [0.717, 1.165) is 48.2 Å². The molecule has 1 aliphatic heterocycles. The summed E-state index contributed by atoms with van der Waals surface area (Å²) in [5, 5.41) is 3.63. The number of carbonyl (C=O) groups excluding carboxylic acids is 2. The maximum absolute atomic E-state index is 13.1. The van der Waals surface area contributed by atoms with Gasteiger partial charge in [0.25, 0.3) is 0 Å². The summed E-state index contributed by atoms with van der Waals surface area (Å²) in [5.41, 5.74) is 5.37. The lowest BCUT2D eigenvalue weighted by Gasteiger charge is -2.38. The van der Waals surface area contributed by atoms with Crippen LogP contribution in [0.1, 0.15) is 64.0 Å². The molecule has 2 aliphatic carbocycles. The lowest BCUT2D eigenvalue weighted by molar-refractivity contribution is -0.122. The molecule has 164 valence electrons. The molecule has 1 aromatic carbocycles. The number of fused-ring (bicyclic) bond motifs is 1. The first-order valence-electron chi connectivity index (χ1n) is 11.6. The fraction of sp³-hybridized carbons (Fsp3) is 0.481. The van der Waals surface area contributed by atoms with Gasteiger partial charge in [-0.3, -0.25) is 9.59 Å². The minimum absolute atomic E-state index is 0.128. The summed E-state index contributed by atoms with van der Waals surface area (Å²) in [6, 6.07) is 6.34. The van der Waals surface area contributed by atoms with E-state index in [-0.39, 0.29) is 29.4 Å². The fourth-order valence-corrected chi connectivity index (χ4v) is 4.78. The van der Waals surface area contributed by atoms with Crippen LogP contribution in [0.15, 0.2) is 48.2 Å². The summed E-state index contributed by atoms with van der Waals surface area (Å²) in [6.07, 6.45) is 11.3. The van der Waals surface area contributed by atoms with Crippen molar-refractivity contribution in [3.63, 3.8) is 0 Å². The highest BCUT2D eigenvalue weighted by atomic mass is 16.2. The minimum Gasteiger partial charge on any atom is -0.387 e. The monoisotopic (exact) mass is 418 g/mol. The molecule has 4 rings (SSSR count). The lowest BCUT2D eigenvalue weighted by atomic mass is 9.79. The summed E-state index contributed by atoms with van der Waals surface area (Å²) in [6.45, 7) is 9.71. The largest absolute Gasteiger partial charge is 0.387 e. The summed E-state index contributed by atoms with van der Waals surface area (Å²) >= 11 is 0. The van der Waals surface area contributed by atoms with E-state index < -0.39 is 0 Å². The molecule has 1 aromatic rings. The van der Waals surface area contributed by atoms with E-state index in [9.17, 15) is 9.59 Å². The van der Waals surface area contributed by atoms with Crippen LogP contribution in [-0.2, 0) is 9.59 Å². The molecule has 1 amide bonds. The van der Waals surface area contributed by atoms with E-state index in [4.69, 9.17) is 0 Å². The molecule has 1 N–H and O–H groups in total. The first kappa shape index (κ1) is 21.6. The number of hydrogen-bond donors (Lipinski definition) is 1. The van der Waals surface area contributed by atoms with E-state index in [1.165, 1.54) is 5.70 Å². The molecular formula is C27H34N2O2. The SMILES string of the molecule is CC(=O)C1c2ccc(C3=C(NCC(C)C)CC=CC=C3)cc2N(C(=O)C2CC2)C[C@@H]1C. The average molecular weight is 419 g/mol. The Morgan fingerprint density at radius 1 is 1.19 bits per heavy atom. The van der Waals surface area contributed by atoms with Gasteiger partial charge in [-0.1, -0.05) is 57.2 Å². The Balaban J connectivity index is 1.79. The highest BCUT2D eigenvalue weighted by Gasteiger charge is 2.41. The van der Waals surface area contributed by atoms with Crippen molar-refractivity contribution in [1.82, 2.24) is 5.32 Å². The third-order valence-corrected chi connectivity index (χ3v) is 6.52. The molecule has 0 aromatic heterocycles. The van der Waals surface area contributed by atoms with Crippen molar-refractivity contribution in [2.75, 3.05) is 18.0 Å². The van der Waals surface area contributed by atoms with Gasteiger partial charge in [-0.2, -0.15) is 0 Å². The Bertz CT molecular complexity index is 965. The van der Waals surface area contributed by atoms with Gasteiger partial charge in [0.15, 0.2) is 0 Å². The van der Waals surface area contributed by atoms with Crippen molar-refractivity contribution < 1.29 is 9.59 Å². The average Bonchev–Trinajstić information content (AvgIpc) is 3.57. The number of rotatable bonds is 6. The van der Waals surface area contributed by atoms with E-state index in [0.29, 0.717) is 12.5 Å². The zero-order valence-corrected chi connectivity index (χ0v) is 19.2. The summed E-state index contributed by atoms with van der Waals surface area (Å²) < 4.78 is 0. The smallest absolute Gasteiger partial charge is 0.230 e. The van der Waals surface area contributed by atoms with Gasteiger partial charge < -0.3 is 10.2 Å². The third kappa shape index (κ3) is 4.53. The highest BCUT2D eigenvalue weighted by Crippen LogP contribution is 2.43. The van der Waals surface area contributed by atoms with E-state index in [1.54, 1.807) is 6.92 Å². The number of nitrogens with zero attached hydrogens (tertiary/aromatic N) is 1. The number of ketones is 1. The molecule has 0 saturated heterocycles. The Morgan fingerprint density at radius 3 is 2.65 bits per heavy atom. The third-order valence-electron chi connectivity index (χ3n) is 6.52. The Morgan fingerprint density at radius 2 is 1.97 bits per heavy atom. The molecule has 0 spiro atoms. The summed E-state index contributed by atoms with van der Waals surface area (Å²) in [5.74, 6) is 1.09. The predicted molar refractivity (Wildman–Crippen MR) is 127 cm³/mol. The van der Waals surface area contributed by atoms with Gasteiger partial charge in [-0.05, 0) is 48.8 Å². The van der Waals surface area contributed by atoms with E-state index in [1.807, 2.05) is 4.90 Å². The van der Waals surface area contributed by atoms with Crippen molar-refractivity contribution in [3.05, 3.63) is 59.3 Å². The molecule has 4 heteroatoms. The molecule has 3 aliphatic rings. The first-order valence-corrected chi connectivity index (χ1v) is 11.6. The zero-order valence-electron chi connectivity index (χ0n) is 19.2. The molecule has 1 unspecified atom stereocenters. The highest BCUT2D eigenvalue weighted by molar-refractivity contribution is 6.00. The number of allylic oxidation sites excluding steroid dienone is 5. The van der Waals surface area contributed by atoms with Crippen LogP contribution in [0.3, 0.4) is 0 Å². The van der Waals surface area contributed by atoms with Crippen LogP contribution in [-0.4, -0.2) is 24.8 Å². The van der Waals surface area contributed by atoms with Gasteiger partial charge in [0, 0.05) is 48.3 Å². The van der Waals surface area contributed by atoms with Gasteiger partial charge in [0.1, 0.15) is 5.78 Å². The maximum atomic E-state index is 13.1. The molecule has 31 heavy (non-hydrogen) atoms. The van der Waals surface area contributed by atoms with Gasteiger partial charge in [-0.25, -0.2) is 0 Å². The van der Waals surface area contributed by atoms with Crippen LogP contribution < -0.4 is 10.2 Å². The number of anilines is 1. The van der Waals surface area contributed by atoms with Crippen LogP contribution >= 0.6 is 0 Å². The van der Waals surface area contributed by atoms with Crippen molar-refractivity contribution in [2.45, 2.75) is 52.9 Å². The van der Waals surface area contributed by atoms with E-state index >= 15 is 0 Å². The Hall–Kier alpha value is -2.62. The Kier molecular flexibility index (Phi) is 6.17. The van der Waals surface area contributed by atoms with Crippen LogP contribution in [0.5, 0.6) is 0 Å². The number of benzene rings is 1. The second kappa shape index (κ2) is 8.86. The lowest BCUT2D eigenvalue weighted by Crippen LogP contribution is -2.43. The van der Waals surface area contributed by atoms with Crippen molar-refractivity contribution in [2.24, 2.45) is 17.8 Å². The van der Waals surface area contributed by atoms with Crippen LogP contribution in [0.25, 0.3) is 5.57 Å². The molecule has 1 heterocycles. The topological polar surface area (TPSA) is 49.4 Å². The van der Waals surface area contributed by atoms with Crippen LogP contribution in [0.2, 0.25) is 0 Å². The molecule has 4 nitrogen and oxygen atoms in total. The number of nitrogens with one attached hydrogen (secondary N) is 1. The first-order chi connectivity index (χ1) is 14.9. The molecule has 2 atom stereocenters. The number of carbonyl (C=O) groups is 2. The summed E-state index contributed by atoms with van der Waals surface area (Å²) in [7, 11) is 0. The van der Waals surface area contributed by atoms with Crippen LogP contribution in [0, 0.1) is 17.8 Å². The van der Waals surface area contributed by atoms with Gasteiger partial charge in [0.05, 0.1) is 0 Å². The van der Waals surface area contributed by atoms with Gasteiger partial charge >= 0.3 is 0 Å². The van der Waals surface area contributed by atoms with Crippen molar-refractivity contribution in [3.8, 4) is 0 Å². The van der Waals surface area contributed by atoms with Crippen molar-refractivity contribution in [1.29, 1.82) is 0 Å². The second-order valence-corrected chi connectivity index (χ2v) is 9.72. The minimum atomic E-state index is -0.147. The quantitative estimate of drug-likeness (QED) is 0.689. The van der Waals surface area contributed by atoms with Crippen LogP contribution in [0.4, 0.5) is 5.69 Å². The molecule has 0 bridgehead atoms. The van der Waals surface area contributed by atoms with Gasteiger partial charge in [-0.15, -0.1) is 0 Å². The maximum Gasteiger partial charge on any atom is 0.230 e. The van der Waals surface area contributed by atoms with E-state index in [2.05, 4.69) is 68.6 Å². The number of Topliss-reactive ketones (excluding diaryl/α,β-unsaturated/α-hetero) is 1. The standard InChI is InChI=1S/C27H34N2O2/c1-17(2)15-28-24-9-7-5-6-8-22(24)21-12-13-23-25(14-21)29(27(31)20-10-11-20)16-18(3)26(23)19(4)30/h5-8,12-14,17-18,20,26,28H,9-11,15-16H2,1-4H3/t18-,26?/m0/s1. The van der Waals surface area contributed by atoms with Gasteiger partial charge in [0.2, 0.25) is 5.91 Å². The Labute approximate surface area is 186 Å². The molecule has 0 radical (unpaired) electrons. The molecule has 1 fully saturated rings. The molecule has 1 saturated carbocycles. The molecular weight excluding hydrogens is 384 g/mol. The summed E-state index contributed by atoms with van der Waals surface area (Å²) in [4.78, 5) is 27.6.